The van der Waals surface area contributed by atoms with E-state index in [1.54, 1.807) is 37.7 Å². The van der Waals surface area contributed by atoms with E-state index in [2.05, 4.69) is 20.2 Å². The number of hydrogen-bond acceptors (Lipinski definition) is 4. The number of aromatic nitrogens is 2. The summed E-state index contributed by atoms with van der Waals surface area (Å²) in [4.78, 5) is 6.73. The maximum Gasteiger partial charge on any atom is 0.246 e. The van der Waals surface area contributed by atoms with Crippen LogP contribution in [0.5, 0.6) is 5.75 Å². The summed E-state index contributed by atoms with van der Waals surface area (Å²) in [6.45, 7) is 0. The highest BCUT2D eigenvalue weighted by Gasteiger charge is 2.02. The fraction of sp³-hybridized carbons (Fsp3) is 0.100. The first-order valence-corrected chi connectivity index (χ1v) is 4.92. The van der Waals surface area contributed by atoms with Gasteiger partial charge >= 0.3 is 0 Å². The van der Waals surface area contributed by atoms with Crippen molar-refractivity contribution >= 4 is 23.2 Å². The Morgan fingerprint density at radius 2 is 2.25 bits per heavy atom. The fourth-order valence-electron chi connectivity index (χ4n) is 1.15. The van der Waals surface area contributed by atoms with Gasteiger partial charge in [-0.15, -0.1) is 10.2 Å². The zero-order chi connectivity index (χ0) is 11.4. The summed E-state index contributed by atoms with van der Waals surface area (Å²) >= 11 is 5.85. The Morgan fingerprint density at radius 1 is 1.38 bits per heavy atom. The quantitative estimate of drug-likeness (QED) is 0.829. The predicted octanol–water partition coefficient (Wildman–Crippen LogP) is 3.49. The lowest BCUT2D eigenvalue weighted by molar-refractivity contribution is 0.416. The predicted molar refractivity (Wildman–Crippen MR) is 60.8 cm³/mol. The number of methoxy groups -OCH3 is 1. The van der Waals surface area contributed by atoms with Crippen LogP contribution in [0, 0.1) is 0 Å². The van der Waals surface area contributed by atoms with Gasteiger partial charge in [-0.1, -0.05) is 11.6 Å². The Kier molecular flexibility index (Phi) is 3.16. The van der Waals surface area contributed by atoms with Crippen LogP contribution >= 0.6 is 11.6 Å². The fourth-order valence-corrected chi connectivity index (χ4v) is 1.32. The highest BCUT2D eigenvalue weighted by molar-refractivity contribution is 6.30. The summed E-state index contributed by atoms with van der Waals surface area (Å²) in [5, 5.41) is 8.49. The molecule has 1 aromatic carbocycles. The summed E-state index contributed by atoms with van der Waals surface area (Å²) in [5.74, 6) is 1.04. The van der Waals surface area contributed by atoms with Crippen molar-refractivity contribution in [2.24, 2.45) is 10.2 Å². The number of aromatic amines is 1. The van der Waals surface area contributed by atoms with Crippen molar-refractivity contribution in [2.75, 3.05) is 7.11 Å². The highest BCUT2D eigenvalue weighted by atomic mass is 35.5. The molecule has 1 aromatic heterocycles. The smallest absolute Gasteiger partial charge is 0.246 e. The Hall–Kier alpha value is -1.88. The number of ether oxygens (including phenoxy) is 1. The molecule has 0 spiro atoms. The topological polar surface area (TPSA) is 62.6 Å². The molecule has 0 fully saturated rings. The van der Waals surface area contributed by atoms with Gasteiger partial charge in [-0.05, 0) is 18.2 Å². The standard InChI is InChI=1S/C10H9ClN4O/c1-16-9-3-2-7(11)6-8(9)14-15-10-12-4-5-13-10/h2-6H,1H3,(H,12,13)/b15-14+. The zero-order valence-corrected chi connectivity index (χ0v) is 9.27. The monoisotopic (exact) mass is 236 g/mol. The molecular weight excluding hydrogens is 228 g/mol. The van der Waals surface area contributed by atoms with Gasteiger partial charge in [-0.2, -0.15) is 0 Å². The van der Waals surface area contributed by atoms with Gasteiger partial charge < -0.3 is 9.72 Å². The summed E-state index contributed by atoms with van der Waals surface area (Å²) in [6, 6.07) is 5.14. The van der Waals surface area contributed by atoms with Crippen molar-refractivity contribution < 1.29 is 4.74 Å². The minimum atomic E-state index is 0.432. The van der Waals surface area contributed by atoms with Gasteiger partial charge in [0.2, 0.25) is 5.95 Å². The SMILES string of the molecule is COc1ccc(Cl)cc1/N=N/c1ncc[nH]1. The number of nitrogens with one attached hydrogen (secondary N) is 1. The van der Waals surface area contributed by atoms with Crippen molar-refractivity contribution in [3.8, 4) is 5.75 Å². The van der Waals surface area contributed by atoms with E-state index in [0.717, 1.165) is 0 Å². The van der Waals surface area contributed by atoms with Gasteiger partial charge in [0.15, 0.2) is 0 Å². The molecule has 16 heavy (non-hydrogen) atoms. The van der Waals surface area contributed by atoms with Crippen LogP contribution in [-0.2, 0) is 0 Å². The first kappa shape index (κ1) is 10.6. The Labute approximate surface area is 97.1 Å². The first-order valence-electron chi connectivity index (χ1n) is 4.54. The molecule has 0 saturated carbocycles. The molecule has 82 valence electrons. The first-order chi connectivity index (χ1) is 7.79. The molecule has 0 amide bonds. The molecule has 5 nitrogen and oxygen atoms in total. The maximum atomic E-state index is 5.85. The normalized spacial score (nSPS) is 10.9. The molecule has 0 atom stereocenters. The third-order valence-corrected chi connectivity index (χ3v) is 2.11. The van der Waals surface area contributed by atoms with Crippen molar-refractivity contribution in [1.29, 1.82) is 0 Å². The number of hydrogen-bond donors (Lipinski definition) is 1. The molecule has 1 heterocycles. The van der Waals surface area contributed by atoms with Crippen molar-refractivity contribution in [3.63, 3.8) is 0 Å². The molecule has 0 unspecified atom stereocenters. The van der Waals surface area contributed by atoms with Crippen LogP contribution in [0.15, 0.2) is 40.8 Å². The molecular formula is C10H9ClN4O. The molecule has 2 rings (SSSR count). The maximum absolute atomic E-state index is 5.85. The molecule has 6 heteroatoms. The van der Waals surface area contributed by atoms with E-state index < -0.39 is 0 Å². The summed E-state index contributed by atoms with van der Waals surface area (Å²) < 4.78 is 5.13. The Bertz CT molecular complexity index is 496. The zero-order valence-electron chi connectivity index (χ0n) is 8.51. The molecule has 0 aliphatic heterocycles. The van der Waals surface area contributed by atoms with Gasteiger partial charge in [0.05, 0.1) is 7.11 Å². The number of rotatable bonds is 3. The number of benzene rings is 1. The summed E-state index contributed by atoms with van der Waals surface area (Å²) in [5.41, 5.74) is 0.561. The van der Waals surface area contributed by atoms with Crippen LogP contribution in [0.3, 0.4) is 0 Å². The van der Waals surface area contributed by atoms with Crippen LogP contribution in [0.4, 0.5) is 11.6 Å². The molecule has 2 aromatic rings. The van der Waals surface area contributed by atoms with Crippen LogP contribution < -0.4 is 4.74 Å². The second-order valence-electron chi connectivity index (χ2n) is 2.93. The number of nitrogens with zero attached hydrogens (tertiary/aromatic N) is 3. The number of azo groups is 1. The third-order valence-electron chi connectivity index (χ3n) is 1.88. The Balaban J connectivity index is 2.29. The number of imidazole rings is 1. The highest BCUT2D eigenvalue weighted by Crippen LogP contribution is 2.31. The third kappa shape index (κ3) is 2.38. The average Bonchev–Trinajstić information content (AvgIpc) is 2.79. The second-order valence-corrected chi connectivity index (χ2v) is 3.37. The second kappa shape index (κ2) is 4.76. The van der Waals surface area contributed by atoms with Gasteiger partial charge in [-0.25, -0.2) is 4.98 Å². The minimum Gasteiger partial charge on any atom is -0.494 e. The number of H-pyrrole nitrogens is 1. The van der Waals surface area contributed by atoms with Gasteiger partial charge in [0.1, 0.15) is 11.4 Å². The lowest BCUT2D eigenvalue weighted by Gasteiger charge is -2.02. The van der Waals surface area contributed by atoms with E-state index in [-0.39, 0.29) is 0 Å². The lowest BCUT2D eigenvalue weighted by Crippen LogP contribution is -1.82. The molecule has 0 aliphatic rings. The van der Waals surface area contributed by atoms with Crippen LogP contribution in [0.2, 0.25) is 5.02 Å². The summed E-state index contributed by atoms with van der Waals surface area (Å²) in [6.07, 6.45) is 3.27. The van der Waals surface area contributed by atoms with Crippen molar-refractivity contribution in [2.45, 2.75) is 0 Å². The van der Waals surface area contributed by atoms with Crippen molar-refractivity contribution in [1.82, 2.24) is 9.97 Å². The van der Waals surface area contributed by atoms with Crippen molar-refractivity contribution in [3.05, 3.63) is 35.6 Å². The van der Waals surface area contributed by atoms with Gasteiger partial charge in [0.25, 0.3) is 0 Å². The van der Waals surface area contributed by atoms with E-state index in [4.69, 9.17) is 16.3 Å². The molecule has 0 radical (unpaired) electrons. The van der Waals surface area contributed by atoms with E-state index in [1.807, 2.05) is 0 Å². The largest absolute Gasteiger partial charge is 0.494 e. The van der Waals surface area contributed by atoms with E-state index in [0.29, 0.717) is 22.4 Å². The molecule has 0 saturated heterocycles. The van der Waals surface area contributed by atoms with E-state index in [1.165, 1.54) is 0 Å². The van der Waals surface area contributed by atoms with Crippen LogP contribution in [0.1, 0.15) is 0 Å². The van der Waals surface area contributed by atoms with Gasteiger partial charge in [0, 0.05) is 17.4 Å². The van der Waals surface area contributed by atoms with Gasteiger partial charge in [-0.3, -0.25) is 0 Å². The number of halogens is 1. The Morgan fingerprint density at radius 3 is 2.94 bits per heavy atom. The van der Waals surface area contributed by atoms with E-state index >= 15 is 0 Å². The molecule has 1 N–H and O–H groups in total. The van der Waals surface area contributed by atoms with E-state index in [9.17, 15) is 0 Å². The summed E-state index contributed by atoms with van der Waals surface area (Å²) in [7, 11) is 1.56. The average molecular weight is 237 g/mol. The molecule has 0 bridgehead atoms. The molecule has 0 aliphatic carbocycles. The van der Waals surface area contributed by atoms with Crippen LogP contribution in [-0.4, -0.2) is 17.1 Å². The van der Waals surface area contributed by atoms with Crippen LogP contribution in [0.25, 0.3) is 0 Å². The minimum absolute atomic E-state index is 0.432. The lowest BCUT2D eigenvalue weighted by atomic mass is 10.3.